The molecule has 2 heterocycles. The van der Waals surface area contributed by atoms with E-state index in [0.717, 1.165) is 36.6 Å². The first-order chi connectivity index (χ1) is 9.28. The summed E-state index contributed by atoms with van der Waals surface area (Å²) in [7, 11) is 1.98. The van der Waals surface area contributed by atoms with Gasteiger partial charge in [-0.15, -0.1) is 0 Å². The molecule has 1 aromatic heterocycles. The van der Waals surface area contributed by atoms with Crippen molar-refractivity contribution in [1.82, 2.24) is 20.6 Å². The summed E-state index contributed by atoms with van der Waals surface area (Å²) in [5.41, 5.74) is 3.32. The van der Waals surface area contributed by atoms with E-state index in [9.17, 15) is 0 Å². The Bertz CT molecular complexity index is 560. The normalized spacial score (nSPS) is 21.7. The van der Waals surface area contributed by atoms with Gasteiger partial charge in [0.1, 0.15) is 5.82 Å². The maximum atomic E-state index is 5.85. The summed E-state index contributed by atoms with van der Waals surface area (Å²) in [6, 6.07) is 6.55. The van der Waals surface area contributed by atoms with Gasteiger partial charge in [-0.2, -0.15) is 0 Å². The molecular weight excluding hydrogens is 240 g/mol. The predicted octanol–water partition coefficient (Wildman–Crippen LogP) is 1.12. The minimum atomic E-state index is 0.167. The van der Waals surface area contributed by atoms with Crippen molar-refractivity contribution < 1.29 is 4.74 Å². The van der Waals surface area contributed by atoms with Gasteiger partial charge in [0.25, 0.3) is 0 Å². The summed E-state index contributed by atoms with van der Waals surface area (Å²) in [4.78, 5) is 7.72. The van der Waals surface area contributed by atoms with Gasteiger partial charge in [0, 0.05) is 13.1 Å². The highest BCUT2D eigenvalue weighted by atomic mass is 16.5. The molecule has 0 saturated carbocycles. The van der Waals surface area contributed by atoms with Crippen LogP contribution in [0.3, 0.4) is 0 Å². The highest BCUT2D eigenvalue weighted by molar-refractivity contribution is 5.76. The number of H-pyrrole nitrogens is 1. The molecule has 0 aliphatic carbocycles. The molecule has 5 heteroatoms. The first-order valence-corrected chi connectivity index (χ1v) is 6.74. The van der Waals surface area contributed by atoms with Crippen LogP contribution >= 0.6 is 0 Å². The lowest BCUT2D eigenvalue weighted by Gasteiger charge is -2.31. The van der Waals surface area contributed by atoms with Crippen molar-refractivity contribution in [3.05, 3.63) is 29.6 Å². The minimum absolute atomic E-state index is 0.167. The van der Waals surface area contributed by atoms with E-state index in [1.165, 1.54) is 5.56 Å². The highest BCUT2D eigenvalue weighted by Crippen LogP contribution is 2.23. The maximum Gasteiger partial charge on any atom is 0.104 e. The van der Waals surface area contributed by atoms with Crippen molar-refractivity contribution >= 4 is 11.0 Å². The molecule has 3 rings (SSSR count). The zero-order valence-electron chi connectivity index (χ0n) is 11.4. The fourth-order valence-corrected chi connectivity index (χ4v) is 2.72. The third-order valence-electron chi connectivity index (χ3n) is 3.62. The molecule has 2 atom stereocenters. The summed E-state index contributed by atoms with van der Waals surface area (Å²) < 4.78 is 5.85. The number of ether oxygens (including phenoxy) is 1. The zero-order valence-corrected chi connectivity index (χ0v) is 11.4. The monoisotopic (exact) mass is 260 g/mol. The minimum Gasteiger partial charge on any atom is -0.374 e. The first-order valence-electron chi connectivity index (χ1n) is 6.74. The molecule has 5 nitrogen and oxygen atoms in total. The summed E-state index contributed by atoms with van der Waals surface area (Å²) >= 11 is 0. The van der Waals surface area contributed by atoms with Crippen LogP contribution in [0.5, 0.6) is 0 Å². The van der Waals surface area contributed by atoms with Gasteiger partial charge in [-0.05, 0) is 31.7 Å². The van der Waals surface area contributed by atoms with Crippen LogP contribution in [0, 0.1) is 6.92 Å². The van der Waals surface area contributed by atoms with Gasteiger partial charge in [0.05, 0.1) is 29.8 Å². The summed E-state index contributed by atoms with van der Waals surface area (Å²) in [6.45, 7) is 4.56. The van der Waals surface area contributed by atoms with Crippen LogP contribution in [0.4, 0.5) is 0 Å². The molecule has 1 aliphatic heterocycles. The number of nitrogens with one attached hydrogen (secondary N) is 3. The molecule has 1 aromatic carbocycles. The number of rotatable bonds is 3. The van der Waals surface area contributed by atoms with E-state index in [0.29, 0.717) is 0 Å². The summed E-state index contributed by atoms with van der Waals surface area (Å²) in [5.74, 6) is 0.948. The van der Waals surface area contributed by atoms with Crippen LogP contribution in [0.15, 0.2) is 18.2 Å². The number of likely N-dealkylation sites (N-methyl/N-ethyl adjacent to an activating group) is 1. The first kappa shape index (κ1) is 12.6. The van der Waals surface area contributed by atoms with Crippen molar-refractivity contribution in [2.45, 2.75) is 19.1 Å². The van der Waals surface area contributed by atoms with Gasteiger partial charge in [-0.3, -0.25) is 0 Å². The van der Waals surface area contributed by atoms with Crippen LogP contribution < -0.4 is 10.6 Å². The Balaban J connectivity index is 1.91. The third kappa shape index (κ3) is 2.49. The van der Waals surface area contributed by atoms with Crippen LogP contribution in [-0.4, -0.2) is 42.8 Å². The van der Waals surface area contributed by atoms with Crippen molar-refractivity contribution in [2.75, 3.05) is 26.7 Å². The van der Waals surface area contributed by atoms with E-state index in [4.69, 9.17) is 4.74 Å². The fourth-order valence-electron chi connectivity index (χ4n) is 2.72. The van der Waals surface area contributed by atoms with Gasteiger partial charge in [0.2, 0.25) is 0 Å². The molecule has 0 amide bonds. The number of hydrogen-bond acceptors (Lipinski definition) is 4. The van der Waals surface area contributed by atoms with Crippen molar-refractivity contribution in [2.24, 2.45) is 0 Å². The van der Waals surface area contributed by atoms with Crippen LogP contribution in [-0.2, 0) is 4.74 Å². The number of nitrogens with zero attached hydrogens (tertiary/aromatic N) is 1. The Morgan fingerprint density at radius 3 is 3.11 bits per heavy atom. The molecular formula is C14H20N4O. The lowest BCUT2D eigenvalue weighted by atomic mass is 10.00. The molecule has 0 radical (unpaired) electrons. The van der Waals surface area contributed by atoms with Crippen LogP contribution in [0.2, 0.25) is 0 Å². The second-order valence-corrected chi connectivity index (χ2v) is 4.98. The predicted molar refractivity (Wildman–Crippen MR) is 75.2 cm³/mol. The van der Waals surface area contributed by atoms with E-state index in [1.54, 1.807) is 0 Å². The third-order valence-corrected chi connectivity index (χ3v) is 3.62. The molecule has 19 heavy (non-hydrogen) atoms. The number of fused-ring (bicyclic) bond motifs is 1. The molecule has 102 valence electrons. The van der Waals surface area contributed by atoms with E-state index >= 15 is 0 Å². The maximum absolute atomic E-state index is 5.85. The van der Waals surface area contributed by atoms with Gasteiger partial charge >= 0.3 is 0 Å². The second kappa shape index (κ2) is 5.28. The average molecular weight is 260 g/mol. The molecule has 2 unspecified atom stereocenters. The molecule has 1 fully saturated rings. The average Bonchev–Trinajstić information content (AvgIpc) is 2.80. The van der Waals surface area contributed by atoms with Gasteiger partial charge in [-0.1, -0.05) is 6.07 Å². The van der Waals surface area contributed by atoms with Crippen LogP contribution in [0.25, 0.3) is 11.0 Å². The summed E-state index contributed by atoms with van der Waals surface area (Å²) in [5, 5.41) is 6.74. The van der Waals surface area contributed by atoms with E-state index in [-0.39, 0.29) is 12.1 Å². The quantitative estimate of drug-likeness (QED) is 0.774. The van der Waals surface area contributed by atoms with E-state index < -0.39 is 0 Å². The molecule has 1 saturated heterocycles. The van der Waals surface area contributed by atoms with E-state index in [1.807, 2.05) is 14.0 Å². The van der Waals surface area contributed by atoms with Crippen molar-refractivity contribution in [1.29, 1.82) is 0 Å². The molecule has 0 spiro atoms. The fraction of sp³-hybridized carbons (Fsp3) is 0.500. The number of benzene rings is 1. The van der Waals surface area contributed by atoms with Gasteiger partial charge < -0.3 is 20.4 Å². The number of aromatic amines is 1. The number of morpholine rings is 1. The summed E-state index contributed by atoms with van der Waals surface area (Å²) in [6.07, 6.45) is 0.167. The van der Waals surface area contributed by atoms with Crippen molar-refractivity contribution in [3.63, 3.8) is 0 Å². The number of hydrogen-bond donors (Lipinski definition) is 3. The number of aromatic nitrogens is 2. The standard InChI is InChI=1S/C14H20N4O/c1-9-17-11-4-3-10(7-12(11)18-9)14(15-2)13-8-16-5-6-19-13/h3-4,7,13-16H,5-6,8H2,1-2H3,(H,17,18). The topological polar surface area (TPSA) is 62.0 Å². The largest absolute Gasteiger partial charge is 0.374 e. The van der Waals surface area contributed by atoms with E-state index in [2.05, 4.69) is 38.8 Å². The SMILES string of the molecule is CNC(c1ccc2nc(C)[nH]c2c1)C1CNCCO1. The molecule has 0 bridgehead atoms. The lowest BCUT2D eigenvalue weighted by Crippen LogP contribution is -2.45. The highest BCUT2D eigenvalue weighted by Gasteiger charge is 2.24. The zero-order chi connectivity index (χ0) is 13.2. The Labute approximate surface area is 112 Å². The Kier molecular flexibility index (Phi) is 3.50. The molecule has 2 aromatic rings. The van der Waals surface area contributed by atoms with Crippen molar-refractivity contribution in [3.8, 4) is 0 Å². The van der Waals surface area contributed by atoms with Crippen LogP contribution in [0.1, 0.15) is 17.4 Å². The number of aryl methyl sites for hydroxylation is 1. The molecule has 3 N–H and O–H groups in total. The number of imidazole rings is 1. The Morgan fingerprint density at radius 2 is 2.37 bits per heavy atom. The smallest absolute Gasteiger partial charge is 0.104 e. The lowest BCUT2D eigenvalue weighted by molar-refractivity contribution is 0.00540. The Hall–Kier alpha value is -1.43. The Morgan fingerprint density at radius 1 is 1.47 bits per heavy atom. The van der Waals surface area contributed by atoms with Gasteiger partial charge in [-0.25, -0.2) is 4.98 Å². The van der Waals surface area contributed by atoms with Gasteiger partial charge in [0.15, 0.2) is 0 Å². The second-order valence-electron chi connectivity index (χ2n) is 4.98. The molecule has 1 aliphatic rings.